The Morgan fingerprint density at radius 2 is 1.25 bits per heavy atom. The van der Waals surface area contributed by atoms with Gasteiger partial charge in [-0.2, -0.15) is 0 Å². The molecular formula is C29H56B2O5. The van der Waals surface area contributed by atoms with Crippen molar-refractivity contribution in [2.45, 2.75) is 121 Å². The van der Waals surface area contributed by atoms with Crippen LogP contribution in [0.4, 0.5) is 0 Å². The maximum atomic E-state index is 12.4. The summed E-state index contributed by atoms with van der Waals surface area (Å²) in [4.78, 5) is 24.2. The van der Waals surface area contributed by atoms with Crippen molar-refractivity contribution in [2.75, 3.05) is 0 Å². The molecule has 2 N–H and O–H groups in total. The van der Waals surface area contributed by atoms with Crippen molar-refractivity contribution < 1.29 is 24.5 Å². The average Bonchev–Trinajstić information content (AvgIpc) is 2.62. The van der Waals surface area contributed by atoms with Gasteiger partial charge in [-0.3, -0.25) is 9.59 Å². The number of allylic oxidation sites excluding steroid dienone is 1. The lowest BCUT2D eigenvalue weighted by atomic mass is 9.55. The lowest BCUT2D eigenvalue weighted by Crippen LogP contribution is -2.52. The zero-order valence-corrected chi connectivity index (χ0v) is 26.3. The van der Waals surface area contributed by atoms with Crippen molar-refractivity contribution in [1.29, 1.82) is 0 Å². The molecule has 0 aromatic heterocycles. The molecule has 0 fully saturated rings. The summed E-state index contributed by atoms with van der Waals surface area (Å²) in [5.74, 6) is -3.16. The zero-order valence-electron chi connectivity index (χ0n) is 26.3. The normalized spacial score (nSPS) is 17.4. The fourth-order valence-electron chi connectivity index (χ4n) is 6.13. The van der Waals surface area contributed by atoms with E-state index < -0.39 is 46.8 Å². The number of aliphatic carboxylic acids is 2. The van der Waals surface area contributed by atoms with Gasteiger partial charge in [0.15, 0.2) is 0 Å². The molecule has 36 heavy (non-hydrogen) atoms. The Morgan fingerprint density at radius 1 is 0.806 bits per heavy atom. The summed E-state index contributed by atoms with van der Waals surface area (Å²) in [6, 6.07) is 0. The van der Waals surface area contributed by atoms with E-state index in [4.69, 9.17) is 4.74 Å². The summed E-state index contributed by atoms with van der Waals surface area (Å²) in [7, 11) is 4.06. The minimum absolute atomic E-state index is 0.00746. The molecule has 3 atom stereocenters. The highest BCUT2D eigenvalue weighted by Gasteiger charge is 2.47. The van der Waals surface area contributed by atoms with E-state index >= 15 is 0 Å². The molecule has 0 saturated heterocycles. The summed E-state index contributed by atoms with van der Waals surface area (Å²) in [5, 5.41) is 19.8. The third-order valence-corrected chi connectivity index (χ3v) is 9.24. The third kappa shape index (κ3) is 8.67. The monoisotopic (exact) mass is 506 g/mol. The van der Waals surface area contributed by atoms with Crippen molar-refractivity contribution in [3.05, 3.63) is 10.9 Å². The van der Waals surface area contributed by atoms with Crippen LogP contribution in [0.2, 0.25) is 0 Å². The van der Waals surface area contributed by atoms with Crippen LogP contribution in [0.1, 0.15) is 110 Å². The number of hydrogen-bond acceptors (Lipinski definition) is 3. The zero-order chi connectivity index (χ0) is 29.2. The molecular weight excluding hydrogens is 450 g/mol. The van der Waals surface area contributed by atoms with Gasteiger partial charge in [0.2, 0.25) is 0 Å². The SMILES string of the molecule is B/C(=C(/B)C(C)C(C)(C)OC(C)(C)C(C)(C)C(C)C)C(C(CC(=O)O)C(=O)O)C(C)(C)CC(C)(C)C. The first-order valence-corrected chi connectivity index (χ1v) is 13.5. The van der Waals surface area contributed by atoms with Crippen molar-refractivity contribution in [2.24, 2.45) is 39.9 Å². The van der Waals surface area contributed by atoms with Crippen LogP contribution in [0, 0.1) is 39.9 Å². The standard InChI is InChI=1S/C29H56B2O5/c1-17(2)27(9,10)29(13,14)36-28(11,12)18(3)22(30)23(31)21(19(24(34)35)15-20(32)33)26(7,8)16-25(4,5)6/h17-19,21H,15-16,30-31H2,1-14H3,(H,32,33)(H,34,35)/b23-22+. The van der Waals surface area contributed by atoms with Gasteiger partial charge in [-0.25, -0.2) is 0 Å². The van der Waals surface area contributed by atoms with Crippen LogP contribution in [0.3, 0.4) is 0 Å². The third-order valence-electron chi connectivity index (χ3n) is 9.24. The molecule has 0 aromatic carbocycles. The van der Waals surface area contributed by atoms with E-state index in [-0.39, 0.29) is 16.7 Å². The number of carboxylic acid groups (broad SMARTS) is 2. The van der Waals surface area contributed by atoms with Gasteiger partial charge >= 0.3 is 11.9 Å². The van der Waals surface area contributed by atoms with Crippen LogP contribution >= 0.6 is 0 Å². The number of rotatable bonds is 13. The molecule has 7 heteroatoms. The molecule has 0 aromatic rings. The lowest BCUT2D eigenvalue weighted by Gasteiger charge is -2.50. The van der Waals surface area contributed by atoms with Crippen LogP contribution < -0.4 is 0 Å². The van der Waals surface area contributed by atoms with Gasteiger partial charge < -0.3 is 14.9 Å². The topological polar surface area (TPSA) is 83.8 Å². The number of ether oxygens (including phenoxy) is 1. The number of carbonyl (C=O) groups is 2. The molecule has 0 bridgehead atoms. The average molecular weight is 506 g/mol. The van der Waals surface area contributed by atoms with Crippen molar-refractivity contribution in [3.8, 4) is 0 Å². The quantitative estimate of drug-likeness (QED) is 0.318. The van der Waals surface area contributed by atoms with E-state index in [9.17, 15) is 19.8 Å². The second-order valence-corrected chi connectivity index (χ2v) is 14.9. The maximum absolute atomic E-state index is 12.4. The Balaban J connectivity index is 6.74. The summed E-state index contributed by atoms with van der Waals surface area (Å²) in [5.41, 5.74) is 0.582. The largest absolute Gasteiger partial charge is 0.481 e. The van der Waals surface area contributed by atoms with Gasteiger partial charge in [0, 0.05) is 0 Å². The Hall–Kier alpha value is -1.23. The first-order valence-electron chi connectivity index (χ1n) is 13.5. The predicted octanol–water partition coefficient (Wildman–Crippen LogP) is 5.61. The maximum Gasteiger partial charge on any atom is 0.307 e. The minimum Gasteiger partial charge on any atom is -0.481 e. The van der Waals surface area contributed by atoms with E-state index in [1.165, 1.54) is 0 Å². The number of hydrogen-bond donors (Lipinski definition) is 2. The molecule has 5 nitrogen and oxygen atoms in total. The van der Waals surface area contributed by atoms with Gasteiger partial charge in [0.1, 0.15) is 15.7 Å². The van der Waals surface area contributed by atoms with Crippen LogP contribution in [-0.2, 0) is 14.3 Å². The lowest BCUT2D eigenvalue weighted by molar-refractivity contribution is -0.197. The van der Waals surface area contributed by atoms with E-state index in [0.717, 1.165) is 17.4 Å². The molecule has 0 saturated carbocycles. The van der Waals surface area contributed by atoms with Crippen LogP contribution in [0.25, 0.3) is 0 Å². The Morgan fingerprint density at radius 3 is 1.58 bits per heavy atom. The molecule has 3 unspecified atom stereocenters. The molecule has 0 amide bonds. The molecule has 0 spiro atoms. The fourth-order valence-corrected chi connectivity index (χ4v) is 6.13. The van der Waals surface area contributed by atoms with Gasteiger partial charge in [0.05, 0.1) is 23.5 Å². The van der Waals surface area contributed by atoms with E-state index in [2.05, 4.69) is 105 Å². The summed E-state index contributed by atoms with van der Waals surface area (Å²) in [6.45, 7) is 30.1. The summed E-state index contributed by atoms with van der Waals surface area (Å²) in [6.07, 6.45) is 0.366. The van der Waals surface area contributed by atoms with Gasteiger partial charge in [-0.1, -0.05) is 69.2 Å². The second kappa shape index (κ2) is 11.7. The molecule has 0 aliphatic carbocycles. The molecule has 208 valence electrons. The van der Waals surface area contributed by atoms with Crippen molar-refractivity contribution in [3.63, 3.8) is 0 Å². The Labute approximate surface area is 224 Å². The highest BCUT2D eigenvalue weighted by Crippen LogP contribution is 2.48. The molecule has 0 heterocycles. The molecule has 0 aliphatic rings. The first kappa shape index (κ1) is 34.8. The van der Waals surface area contributed by atoms with Crippen LogP contribution in [0.15, 0.2) is 10.9 Å². The summed E-state index contributed by atoms with van der Waals surface area (Å²) < 4.78 is 6.86. The molecule has 0 rings (SSSR count). The number of carboxylic acids is 2. The van der Waals surface area contributed by atoms with Gasteiger partial charge in [-0.05, 0) is 68.1 Å². The highest BCUT2D eigenvalue weighted by atomic mass is 16.5. The Kier molecular flexibility index (Phi) is 11.3. The fraction of sp³-hybridized carbons (Fsp3) is 0.862. The van der Waals surface area contributed by atoms with E-state index in [0.29, 0.717) is 5.92 Å². The Bertz CT molecular complexity index is 816. The van der Waals surface area contributed by atoms with Gasteiger partial charge in [-0.15, -0.1) is 10.9 Å². The predicted molar refractivity (Wildman–Crippen MR) is 156 cm³/mol. The van der Waals surface area contributed by atoms with Gasteiger partial charge in [0.25, 0.3) is 0 Å². The highest BCUT2D eigenvalue weighted by molar-refractivity contribution is 6.32. The van der Waals surface area contributed by atoms with Crippen LogP contribution in [0.5, 0.6) is 0 Å². The van der Waals surface area contributed by atoms with E-state index in [1.54, 1.807) is 0 Å². The van der Waals surface area contributed by atoms with Crippen molar-refractivity contribution >= 4 is 27.6 Å². The minimum atomic E-state index is -1.08. The first-order chi connectivity index (χ1) is 15.7. The molecule has 0 aliphatic heterocycles. The second-order valence-electron chi connectivity index (χ2n) is 14.9. The van der Waals surface area contributed by atoms with E-state index in [1.807, 2.05) is 7.85 Å². The molecule has 0 radical (unpaired) electrons. The smallest absolute Gasteiger partial charge is 0.307 e. The van der Waals surface area contributed by atoms with Crippen molar-refractivity contribution in [1.82, 2.24) is 0 Å². The summed E-state index contributed by atoms with van der Waals surface area (Å²) >= 11 is 0. The van der Waals surface area contributed by atoms with Crippen LogP contribution in [-0.4, -0.2) is 49.0 Å².